The summed E-state index contributed by atoms with van der Waals surface area (Å²) >= 11 is 0. The number of carboxylic acids is 1. The molecule has 0 bridgehead atoms. The predicted molar refractivity (Wildman–Crippen MR) is 89.0 cm³/mol. The molecule has 24 heavy (non-hydrogen) atoms. The van der Waals surface area contributed by atoms with Crippen LogP contribution in [0.2, 0.25) is 0 Å². The molecule has 2 unspecified atom stereocenters. The SMILES string of the molecule is CC(C)Oc1ccccc1CC(=O)NC(C(=O)O)C1CCCOC1. The first-order chi connectivity index (χ1) is 11.5. The summed E-state index contributed by atoms with van der Waals surface area (Å²) in [5.41, 5.74) is 0.743. The molecule has 1 aromatic carbocycles. The minimum absolute atomic E-state index is 0.000340. The van der Waals surface area contributed by atoms with Gasteiger partial charge in [-0.25, -0.2) is 4.79 Å². The Morgan fingerprint density at radius 2 is 2.12 bits per heavy atom. The summed E-state index contributed by atoms with van der Waals surface area (Å²) < 4.78 is 11.0. The fraction of sp³-hybridized carbons (Fsp3) is 0.556. The molecule has 0 spiro atoms. The lowest BCUT2D eigenvalue weighted by molar-refractivity contribution is -0.145. The normalized spacial score (nSPS) is 18.9. The van der Waals surface area contributed by atoms with Crippen LogP contribution >= 0.6 is 0 Å². The Morgan fingerprint density at radius 3 is 2.75 bits per heavy atom. The molecule has 2 N–H and O–H groups in total. The first-order valence-corrected chi connectivity index (χ1v) is 8.32. The zero-order chi connectivity index (χ0) is 17.5. The van der Waals surface area contributed by atoms with E-state index in [9.17, 15) is 14.7 Å². The number of carboxylic acid groups (broad SMARTS) is 1. The summed E-state index contributed by atoms with van der Waals surface area (Å²) in [6, 6.07) is 6.39. The van der Waals surface area contributed by atoms with Crippen LogP contribution in [-0.2, 0) is 20.7 Å². The smallest absolute Gasteiger partial charge is 0.326 e. The molecular weight excluding hydrogens is 310 g/mol. The van der Waals surface area contributed by atoms with Crippen molar-refractivity contribution in [2.24, 2.45) is 5.92 Å². The Hall–Kier alpha value is -2.08. The summed E-state index contributed by atoms with van der Waals surface area (Å²) in [5, 5.41) is 12.1. The lowest BCUT2D eigenvalue weighted by Gasteiger charge is -2.28. The van der Waals surface area contributed by atoms with Crippen molar-refractivity contribution in [1.29, 1.82) is 0 Å². The van der Waals surface area contributed by atoms with Gasteiger partial charge in [0.2, 0.25) is 5.91 Å². The average Bonchev–Trinajstić information content (AvgIpc) is 2.54. The highest BCUT2D eigenvalue weighted by Gasteiger charge is 2.31. The molecule has 0 saturated carbocycles. The van der Waals surface area contributed by atoms with Gasteiger partial charge in [-0.1, -0.05) is 18.2 Å². The molecule has 1 saturated heterocycles. The number of hydrogen-bond acceptors (Lipinski definition) is 4. The second kappa shape index (κ2) is 8.68. The summed E-state index contributed by atoms with van der Waals surface area (Å²) in [4.78, 5) is 23.8. The van der Waals surface area contributed by atoms with Gasteiger partial charge in [0.15, 0.2) is 0 Å². The van der Waals surface area contributed by atoms with Gasteiger partial charge >= 0.3 is 5.97 Å². The van der Waals surface area contributed by atoms with E-state index in [1.807, 2.05) is 38.1 Å². The molecule has 6 nitrogen and oxygen atoms in total. The number of nitrogens with one attached hydrogen (secondary N) is 1. The quantitative estimate of drug-likeness (QED) is 0.796. The van der Waals surface area contributed by atoms with Gasteiger partial charge in [-0.05, 0) is 32.8 Å². The van der Waals surface area contributed by atoms with E-state index >= 15 is 0 Å². The average molecular weight is 335 g/mol. The lowest BCUT2D eigenvalue weighted by Crippen LogP contribution is -2.48. The van der Waals surface area contributed by atoms with Crippen LogP contribution < -0.4 is 10.1 Å². The zero-order valence-electron chi connectivity index (χ0n) is 14.2. The van der Waals surface area contributed by atoms with Crippen LogP contribution in [0, 0.1) is 5.92 Å². The van der Waals surface area contributed by atoms with Crippen molar-refractivity contribution in [3.63, 3.8) is 0 Å². The fourth-order valence-corrected chi connectivity index (χ4v) is 2.83. The summed E-state index contributed by atoms with van der Waals surface area (Å²) in [7, 11) is 0. The lowest BCUT2D eigenvalue weighted by atomic mass is 9.93. The van der Waals surface area contributed by atoms with Crippen molar-refractivity contribution in [2.75, 3.05) is 13.2 Å². The maximum atomic E-state index is 12.3. The van der Waals surface area contributed by atoms with Crippen LogP contribution in [-0.4, -0.2) is 42.3 Å². The number of carbonyl (C=O) groups is 2. The van der Waals surface area contributed by atoms with Gasteiger partial charge < -0.3 is 19.9 Å². The van der Waals surface area contributed by atoms with Crippen molar-refractivity contribution in [1.82, 2.24) is 5.32 Å². The molecule has 0 aromatic heterocycles. The zero-order valence-corrected chi connectivity index (χ0v) is 14.2. The number of aliphatic carboxylic acids is 1. The van der Waals surface area contributed by atoms with Crippen molar-refractivity contribution < 1.29 is 24.2 Å². The van der Waals surface area contributed by atoms with E-state index in [-0.39, 0.29) is 24.3 Å². The van der Waals surface area contributed by atoms with Crippen LogP contribution in [0.3, 0.4) is 0 Å². The highest BCUT2D eigenvalue weighted by molar-refractivity contribution is 5.85. The standard InChI is InChI=1S/C18H25NO5/c1-12(2)24-15-8-4-3-6-13(15)10-16(20)19-17(18(21)22)14-7-5-9-23-11-14/h3-4,6,8,12,14,17H,5,7,9-11H2,1-2H3,(H,19,20)(H,21,22). The van der Waals surface area contributed by atoms with Gasteiger partial charge in [0.1, 0.15) is 11.8 Å². The minimum Gasteiger partial charge on any atom is -0.491 e. The number of amides is 1. The van der Waals surface area contributed by atoms with E-state index in [2.05, 4.69) is 5.32 Å². The number of hydrogen-bond donors (Lipinski definition) is 2. The van der Waals surface area contributed by atoms with E-state index in [0.29, 0.717) is 19.0 Å². The maximum absolute atomic E-state index is 12.3. The van der Waals surface area contributed by atoms with Gasteiger partial charge in [0.05, 0.1) is 19.1 Å². The highest BCUT2D eigenvalue weighted by Crippen LogP contribution is 2.21. The van der Waals surface area contributed by atoms with Gasteiger partial charge in [-0.3, -0.25) is 4.79 Å². The summed E-state index contributed by atoms with van der Waals surface area (Å²) in [6.07, 6.45) is 1.64. The summed E-state index contributed by atoms with van der Waals surface area (Å²) in [6.45, 7) is 4.85. The maximum Gasteiger partial charge on any atom is 0.326 e. The Bertz CT molecular complexity index is 566. The Balaban J connectivity index is 2.02. The molecule has 1 fully saturated rings. The third-order valence-corrected chi connectivity index (χ3v) is 3.94. The molecule has 1 aliphatic heterocycles. The second-order valence-electron chi connectivity index (χ2n) is 6.31. The molecule has 2 atom stereocenters. The van der Waals surface area contributed by atoms with Crippen LogP contribution in [0.25, 0.3) is 0 Å². The number of rotatable bonds is 7. The van der Waals surface area contributed by atoms with Crippen molar-refractivity contribution >= 4 is 11.9 Å². The number of benzene rings is 1. The Morgan fingerprint density at radius 1 is 1.38 bits per heavy atom. The van der Waals surface area contributed by atoms with E-state index in [4.69, 9.17) is 9.47 Å². The number of para-hydroxylation sites is 1. The molecule has 1 aliphatic rings. The van der Waals surface area contributed by atoms with Crippen LogP contribution in [0.4, 0.5) is 0 Å². The van der Waals surface area contributed by atoms with E-state index < -0.39 is 12.0 Å². The molecule has 1 aromatic rings. The predicted octanol–water partition coefficient (Wildman–Crippen LogP) is 2.01. The van der Waals surface area contributed by atoms with Gasteiger partial charge in [-0.15, -0.1) is 0 Å². The molecule has 1 heterocycles. The molecule has 132 valence electrons. The Labute approximate surface area is 142 Å². The van der Waals surface area contributed by atoms with E-state index in [1.54, 1.807) is 0 Å². The topological polar surface area (TPSA) is 84.9 Å². The van der Waals surface area contributed by atoms with Crippen molar-refractivity contribution in [2.45, 2.75) is 45.3 Å². The molecule has 0 radical (unpaired) electrons. The molecule has 2 rings (SSSR count). The monoisotopic (exact) mass is 335 g/mol. The minimum atomic E-state index is -1.02. The molecule has 0 aliphatic carbocycles. The molecule has 1 amide bonds. The second-order valence-corrected chi connectivity index (χ2v) is 6.31. The first kappa shape index (κ1) is 18.3. The number of ether oxygens (including phenoxy) is 2. The Kier molecular flexibility index (Phi) is 6.61. The van der Waals surface area contributed by atoms with E-state index in [1.165, 1.54) is 0 Å². The number of carbonyl (C=O) groups excluding carboxylic acids is 1. The highest BCUT2D eigenvalue weighted by atomic mass is 16.5. The van der Waals surface area contributed by atoms with Crippen molar-refractivity contribution in [3.05, 3.63) is 29.8 Å². The first-order valence-electron chi connectivity index (χ1n) is 8.32. The van der Waals surface area contributed by atoms with Gasteiger partial charge in [0, 0.05) is 18.1 Å². The van der Waals surface area contributed by atoms with Crippen LogP contribution in [0.5, 0.6) is 5.75 Å². The largest absolute Gasteiger partial charge is 0.491 e. The fourth-order valence-electron chi connectivity index (χ4n) is 2.83. The third-order valence-electron chi connectivity index (χ3n) is 3.94. The summed E-state index contributed by atoms with van der Waals surface area (Å²) in [5.74, 6) is -0.892. The molecular formula is C18H25NO5. The van der Waals surface area contributed by atoms with Gasteiger partial charge in [-0.2, -0.15) is 0 Å². The van der Waals surface area contributed by atoms with Crippen molar-refractivity contribution in [3.8, 4) is 5.75 Å². The molecule has 6 heteroatoms. The van der Waals surface area contributed by atoms with Crippen LogP contribution in [0.1, 0.15) is 32.3 Å². The van der Waals surface area contributed by atoms with Crippen LogP contribution in [0.15, 0.2) is 24.3 Å². The van der Waals surface area contributed by atoms with E-state index in [0.717, 1.165) is 18.4 Å². The third kappa shape index (κ3) is 5.23. The van der Waals surface area contributed by atoms with Gasteiger partial charge in [0.25, 0.3) is 0 Å².